The predicted octanol–water partition coefficient (Wildman–Crippen LogP) is 0.910. The summed E-state index contributed by atoms with van der Waals surface area (Å²) in [6, 6.07) is 0. The maximum absolute atomic E-state index is 5.31. The van der Waals surface area contributed by atoms with Crippen molar-refractivity contribution in [2.24, 2.45) is 0 Å². The summed E-state index contributed by atoms with van der Waals surface area (Å²) in [5.41, 5.74) is 1.74. The number of fused-ring (bicyclic) bond motifs is 1. The Labute approximate surface area is 65.4 Å². The molecule has 2 rings (SSSR count). The van der Waals surface area contributed by atoms with Crippen LogP contribution in [0.3, 0.4) is 0 Å². The van der Waals surface area contributed by atoms with E-state index < -0.39 is 0 Å². The maximum atomic E-state index is 5.31. The van der Waals surface area contributed by atoms with Gasteiger partial charge in [-0.25, -0.2) is 9.97 Å². The van der Waals surface area contributed by atoms with E-state index in [0.717, 1.165) is 30.8 Å². The molecule has 3 heteroatoms. The average molecular weight is 149 g/mol. The summed E-state index contributed by atoms with van der Waals surface area (Å²) in [4.78, 5) is 8.28. The second-order valence-corrected chi connectivity index (χ2v) is 2.62. The summed E-state index contributed by atoms with van der Waals surface area (Å²) >= 11 is 0. The van der Waals surface area contributed by atoms with Gasteiger partial charge in [0.1, 0.15) is 11.9 Å². The first-order valence-electron chi connectivity index (χ1n) is 3.74. The standard InChI is InChI=1S/C8H9N2O/c1-6-5-9-7-3-2-4-11-8(7)10-6/h2-4H2,1H3. The molecular formula is C8H9N2O. The SMILES string of the molecule is Cc1[c]nc2c(n1)OCCC2. The third kappa shape index (κ3) is 1.18. The molecule has 1 aromatic heterocycles. The highest BCUT2D eigenvalue weighted by molar-refractivity contribution is 5.20. The first kappa shape index (κ1) is 6.58. The van der Waals surface area contributed by atoms with Gasteiger partial charge in [0.2, 0.25) is 5.88 Å². The lowest BCUT2D eigenvalue weighted by molar-refractivity contribution is 0.271. The van der Waals surface area contributed by atoms with Gasteiger partial charge in [0.05, 0.1) is 12.3 Å². The van der Waals surface area contributed by atoms with Crippen molar-refractivity contribution in [3.8, 4) is 5.88 Å². The molecule has 2 heterocycles. The molecule has 0 saturated heterocycles. The maximum Gasteiger partial charge on any atom is 0.235 e. The molecule has 0 aliphatic carbocycles. The van der Waals surface area contributed by atoms with Crippen molar-refractivity contribution in [1.82, 2.24) is 9.97 Å². The summed E-state index contributed by atoms with van der Waals surface area (Å²) in [6.07, 6.45) is 4.83. The van der Waals surface area contributed by atoms with Crippen molar-refractivity contribution in [2.45, 2.75) is 19.8 Å². The Hall–Kier alpha value is -1.12. The highest BCUT2D eigenvalue weighted by atomic mass is 16.5. The first-order chi connectivity index (χ1) is 5.36. The zero-order chi connectivity index (χ0) is 7.68. The molecule has 57 valence electrons. The van der Waals surface area contributed by atoms with Gasteiger partial charge < -0.3 is 4.74 Å². The van der Waals surface area contributed by atoms with Crippen molar-refractivity contribution < 1.29 is 4.74 Å². The Morgan fingerprint density at radius 1 is 1.55 bits per heavy atom. The number of aromatic nitrogens is 2. The van der Waals surface area contributed by atoms with Crippen LogP contribution in [0.1, 0.15) is 17.8 Å². The first-order valence-corrected chi connectivity index (χ1v) is 3.74. The Balaban J connectivity index is 2.43. The van der Waals surface area contributed by atoms with Crippen LogP contribution in [-0.4, -0.2) is 16.6 Å². The number of nitrogens with zero attached hydrogens (tertiary/aromatic N) is 2. The average Bonchev–Trinajstić information content (AvgIpc) is 2.04. The number of hydrogen-bond acceptors (Lipinski definition) is 3. The van der Waals surface area contributed by atoms with E-state index in [1.807, 2.05) is 6.92 Å². The summed E-state index contributed by atoms with van der Waals surface area (Å²) in [5, 5.41) is 0. The molecule has 3 nitrogen and oxygen atoms in total. The van der Waals surface area contributed by atoms with Crippen LogP contribution >= 0.6 is 0 Å². The second-order valence-electron chi connectivity index (χ2n) is 2.62. The molecule has 0 atom stereocenters. The minimum Gasteiger partial charge on any atom is -0.476 e. The van der Waals surface area contributed by atoms with E-state index in [0.29, 0.717) is 5.88 Å². The summed E-state index contributed by atoms with van der Waals surface area (Å²) in [7, 11) is 0. The van der Waals surface area contributed by atoms with Crippen LogP contribution in [0.2, 0.25) is 0 Å². The van der Waals surface area contributed by atoms with E-state index in [2.05, 4.69) is 16.2 Å². The fraction of sp³-hybridized carbons (Fsp3) is 0.500. The molecule has 1 aliphatic heterocycles. The zero-order valence-corrected chi connectivity index (χ0v) is 6.42. The fourth-order valence-corrected chi connectivity index (χ4v) is 1.12. The number of hydrogen-bond donors (Lipinski definition) is 0. The Morgan fingerprint density at radius 2 is 2.45 bits per heavy atom. The summed E-state index contributed by atoms with van der Waals surface area (Å²) in [6.45, 7) is 2.64. The minimum atomic E-state index is 0.701. The van der Waals surface area contributed by atoms with Crippen molar-refractivity contribution >= 4 is 0 Å². The Morgan fingerprint density at radius 3 is 3.36 bits per heavy atom. The van der Waals surface area contributed by atoms with Crippen molar-refractivity contribution in [1.29, 1.82) is 0 Å². The number of rotatable bonds is 0. The number of ether oxygens (including phenoxy) is 1. The lowest BCUT2D eigenvalue weighted by atomic mass is 10.2. The molecule has 0 amide bonds. The normalized spacial score (nSPS) is 15.4. The molecule has 0 fully saturated rings. The van der Waals surface area contributed by atoms with Gasteiger partial charge in [-0.1, -0.05) is 0 Å². The molecule has 1 aromatic rings. The quantitative estimate of drug-likeness (QED) is 0.550. The topological polar surface area (TPSA) is 35.0 Å². The van der Waals surface area contributed by atoms with Crippen LogP contribution in [0, 0.1) is 13.1 Å². The molecule has 0 aromatic carbocycles. The van der Waals surface area contributed by atoms with Gasteiger partial charge in [-0.15, -0.1) is 0 Å². The lowest BCUT2D eigenvalue weighted by Gasteiger charge is -2.14. The van der Waals surface area contributed by atoms with Gasteiger partial charge in [0.15, 0.2) is 0 Å². The fourth-order valence-electron chi connectivity index (χ4n) is 1.12. The minimum absolute atomic E-state index is 0.701. The van der Waals surface area contributed by atoms with E-state index >= 15 is 0 Å². The Bertz CT molecular complexity index is 273. The molecule has 1 aliphatic rings. The van der Waals surface area contributed by atoms with E-state index in [1.165, 1.54) is 0 Å². The van der Waals surface area contributed by atoms with Gasteiger partial charge in [-0.2, -0.15) is 0 Å². The third-order valence-electron chi connectivity index (χ3n) is 1.67. The van der Waals surface area contributed by atoms with Gasteiger partial charge in [-0.3, -0.25) is 0 Å². The van der Waals surface area contributed by atoms with Crippen molar-refractivity contribution in [2.75, 3.05) is 6.61 Å². The lowest BCUT2D eigenvalue weighted by Crippen LogP contribution is -2.11. The molecule has 0 unspecified atom stereocenters. The molecule has 0 saturated carbocycles. The number of aryl methyl sites for hydroxylation is 2. The summed E-state index contributed by atoms with van der Waals surface area (Å²) < 4.78 is 5.31. The molecule has 0 spiro atoms. The molecule has 0 N–H and O–H groups in total. The van der Waals surface area contributed by atoms with Crippen molar-refractivity contribution in [3.63, 3.8) is 0 Å². The third-order valence-corrected chi connectivity index (χ3v) is 1.67. The molecular weight excluding hydrogens is 140 g/mol. The van der Waals surface area contributed by atoms with E-state index in [1.54, 1.807) is 0 Å². The smallest absolute Gasteiger partial charge is 0.235 e. The molecule has 1 radical (unpaired) electrons. The van der Waals surface area contributed by atoms with E-state index in [9.17, 15) is 0 Å². The van der Waals surface area contributed by atoms with Gasteiger partial charge >= 0.3 is 0 Å². The van der Waals surface area contributed by atoms with Crippen LogP contribution in [0.25, 0.3) is 0 Å². The molecule has 11 heavy (non-hydrogen) atoms. The Kier molecular flexibility index (Phi) is 1.49. The summed E-state index contributed by atoms with van der Waals surface area (Å²) in [5.74, 6) is 0.701. The largest absolute Gasteiger partial charge is 0.476 e. The van der Waals surface area contributed by atoms with Crippen LogP contribution in [0.4, 0.5) is 0 Å². The highest BCUT2D eigenvalue weighted by Crippen LogP contribution is 2.18. The highest BCUT2D eigenvalue weighted by Gasteiger charge is 2.12. The monoisotopic (exact) mass is 149 g/mol. The molecule has 0 bridgehead atoms. The van der Waals surface area contributed by atoms with E-state index in [4.69, 9.17) is 4.74 Å². The van der Waals surface area contributed by atoms with Crippen LogP contribution in [-0.2, 0) is 6.42 Å². The van der Waals surface area contributed by atoms with E-state index in [-0.39, 0.29) is 0 Å². The van der Waals surface area contributed by atoms with Crippen molar-refractivity contribution in [3.05, 3.63) is 17.6 Å². The van der Waals surface area contributed by atoms with Crippen LogP contribution in [0.5, 0.6) is 5.88 Å². The predicted molar refractivity (Wildman–Crippen MR) is 39.4 cm³/mol. The zero-order valence-electron chi connectivity index (χ0n) is 6.42. The van der Waals surface area contributed by atoms with Gasteiger partial charge in [0, 0.05) is 0 Å². The second kappa shape index (κ2) is 2.49. The van der Waals surface area contributed by atoms with Crippen LogP contribution < -0.4 is 4.74 Å². The van der Waals surface area contributed by atoms with Gasteiger partial charge in [0.25, 0.3) is 0 Å². The van der Waals surface area contributed by atoms with Crippen LogP contribution in [0.15, 0.2) is 0 Å². The van der Waals surface area contributed by atoms with Gasteiger partial charge in [-0.05, 0) is 19.8 Å².